The maximum absolute atomic E-state index is 12.5. The highest BCUT2D eigenvalue weighted by Gasteiger charge is 2.21. The van der Waals surface area contributed by atoms with Crippen molar-refractivity contribution in [3.05, 3.63) is 84.4 Å². The smallest absolute Gasteiger partial charge is 0.239 e. The maximum atomic E-state index is 12.5. The molecule has 0 atom stereocenters. The lowest BCUT2D eigenvalue weighted by Gasteiger charge is -2.07. The second kappa shape index (κ2) is 8.48. The van der Waals surface area contributed by atoms with Gasteiger partial charge in [0.1, 0.15) is 5.69 Å². The number of aryl methyl sites for hydroxylation is 2. The van der Waals surface area contributed by atoms with Crippen LogP contribution in [-0.4, -0.2) is 21.0 Å². The van der Waals surface area contributed by atoms with E-state index in [1.807, 2.05) is 61.5 Å². The van der Waals surface area contributed by atoms with Crippen LogP contribution in [0.15, 0.2) is 77.7 Å². The van der Waals surface area contributed by atoms with Crippen LogP contribution in [0.2, 0.25) is 0 Å². The number of rotatable bonds is 6. The average Bonchev–Trinajstić information content (AvgIpc) is 3.17. The lowest BCUT2D eigenvalue weighted by atomic mass is 10.0. The number of anilines is 1. The molecule has 0 aliphatic rings. The van der Waals surface area contributed by atoms with Gasteiger partial charge in [0.15, 0.2) is 0 Å². The number of nitrogens with one attached hydrogen (secondary N) is 1. The predicted octanol–water partition coefficient (Wildman–Crippen LogP) is 4.68. The summed E-state index contributed by atoms with van der Waals surface area (Å²) in [5.74, 6) is 0.205. The van der Waals surface area contributed by atoms with Crippen LogP contribution < -0.4 is 5.32 Å². The van der Waals surface area contributed by atoms with Crippen molar-refractivity contribution in [3.63, 3.8) is 0 Å². The van der Waals surface area contributed by atoms with E-state index in [0.717, 1.165) is 27.9 Å². The normalized spacial score (nSPS) is 10.7. The molecule has 0 saturated heterocycles. The van der Waals surface area contributed by atoms with Gasteiger partial charge in [-0.1, -0.05) is 35.5 Å². The number of hydrogen-bond acceptors (Lipinski definition) is 5. The number of carbonyl (C=O) groups is 1. The first kappa shape index (κ1) is 18.6. The molecule has 1 N–H and O–H groups in total. The average molecular weight is 384 g/mol. The zero-order valence-electron chi connectivity index (χ0n) is 16.0. The second-order valence-corrected chi connectivity index (χ2v) is 6.69. The highest BCUT2D eigenvalue weighted by atomic mass is 16.5. The number of hydrogen-bond donors (Lipinski definition) is 1. The third-order valence-corrected chi connectivity index (χ3v) is 4.57. The van der Waals surface area contributed by atoms with E-state index in [1.54, 1.807) is 18.6 Å². The Morgan fingerprint density at radius 2 is 1.76 bits per heavy atom. The van der Waals surface area contributed by atoms with Gasteiger partial charge in [-0.25, -0.2) is 0 Å². The number of amides is 1. The van der Waals surface area contributed by atoms with Crippen LogP contribution in [0.5, 0.6) is 0 Å². The number of pyridine rings is 2. The van der Waals surface area contributed by atoms with Gasteiger partial charge in [0.2, 0.25) is 11.8 Å². The van der Waals surface area contributed by atoms with Gasteiger partial charge < -0.3 is 4.52 Å². The first-order chi connectivity index (χ1) is 14.2. The van der Waals surface area contributed by atoms with Crippen molar-refractivity contribution < 1.29 is 9.32 Å². The van der Waals surface area contributed by atoms with Crippen molar-refractivity contribution in [2.75, 3.05) is 5.32 Å². The van der Waals surface area contributed by atoms with E-state index in [2.05, 4.69) is 20.4 Å². The molecule has 0 unspecified atom stereocenters. The summed E-state index contributed by atoms with van der Waals surface area (Å²) in [6.45, 7) is 1.92. The van der Waals surface area contributed by atoms with Crippen molar-refractivity contribution in [2.24, 2.45) is 0 Å². The largest absolute Gasteiger partial charge is 0.337 e. The van der Waals surface area contributed by atoms with Crippen LogP contribution in [0.4, 0.5) is 5.88 Å². The molecular weight excluding hydrogens is 364 g/mol. The molecule has 3 aromatic heterocycles. The summed E-state index contributed by atoms with van der Waals surface area (Å²) in [6, 6.07) is 17.4. The summed E-state index contributed by atoms with van der Waals surface area (Å²) in [5, 5.41) is 7.12. The van der Waals surface area contributed by atoms with Crippen LogP contribution in [0.3, 0.4) is 0 Å². The molecule has 1 amide bonds. The second-order valence-electron chi connectivity index (χ2n) is 6.69. The molecule has 4 aromatic rings. The van der Waals surface area contributed by atoms with Crippen LogP contribution in [0, 0.1) is 6.92 Å². The maximum Gasteiger partial charge on any atom is 0.239 e. The molecule has 0 spiro atoms. The number of benzene rings is 1. The molecule has 0 aliphatic carbocycles. The Morgan fingerprint density at radius 1 is 1.00 bits per heavy atom. The summed E-state index contributed by atoms with van der Waals surface area (Å²) < 4.78 is 5.54. The Balaban J connectivity index is 1.62. The zero-order chi connectivity index (χ0) is 20.1. The van der Waals surface area contributed by atoms with E-state index in [-0.39, 0.29) is 5.91 Å². The number of aromatic nitrogens is 3. The number of nitrogens with zero attached hydrogens (tertiary/aromatic N) is 3. The molecule has 0 fully saturated rings. The minimum Gasteiger partial charge on any atom is -0.337 e. The Labute approximate surface area is 168 Å². The minimum absolute atomic E-state index is 0.127. The Kier molecular flexibility index (Phi) is 5.42. The Hall–Kier alpha value is -3.80. The van der Waals surface area contributed by atoms with Crippen molar-refractivity contribution >= 4 is 11.8 Å². The lowest BCUT2D eigenvalue weighted by Crippen LogP contribution is -2.12. The molecule has 0 aliphatic heterocycles. The zero-order valence-corrected chi connectivity index (χ0v) is 16.0. The molecule has 1 aromatic carbocycles. The van der Waals surface area contributed by atoms with Crippen molar-refractivity contribution in [2.45, 2.75) is 19.8 Å². The molecule has 0 radical (unpaired) electrons. The van der Waals surface area contributed by atoms with E-state index in [1.165, 1.54) is 0 Å². The lowest BCUT2D eigenvalue weighted by molar-refractivity contribution is -0.116. The van der Waals surface area contributed by atoms with Gasteiger partial charge in [0.05, 0.1) is 5.56 Å². The van der Waals surface area contributed by atoms with Crippen molar-refractivity contribution in [1.29, 1.82) is 0 Å². The molecule has 0 bridgehead atoms. The van der Waals surface area contributed by atoms with Gasteiger partial charge in [-0.3, -0.25) is 20.1 Å². The van der Waals surface area contributed by atoms with Gasteiger partial charge in [0, 0.05) is 36.3 Å². The fourth-order valence-electron chi connectivity index (χ4n) is 3.14. The molecule has 3 heterocycles. The van der Waals surface area contributed by atoms with Gasteiger partial charge in [-0.05, 0) is 48.7 Å². The standard InChI is InChI=1S/C23H20N4O2/c1-16-15-19(11-14-25-16)22-21(18-9-12-24-13-10-18)23(29-27-22)26-20(28)8-7-17-5-3-2-4-6-17/h2-6,9-15H,7-8H2,1H3,(H,26,28). The molecule has 0 saturated carbocycles. The topological polar surface area (TPSA) is 80.9 Å². The van der Waals surface area contributed by atoms with Crippen molar-refractivity contribution in [1.82, 2.24) is 15.1 Å². The van der Waals surface area contributed by atoms with E-state index >= 15 is 0 Å². The van der Waals surface area contributed by atoms with Crippen molar-refractivity contribution in [3.8, 4) is 22.4 Å². The van der Waals surface area contributed by atoms with Gasteiger partial charge in [-0.15, -0.1) is 0 Å². The van der Waals surface area contributed by atoms with Crippen LogP contribution in [-0.2, 0) is 11.2 Å². The predicted molar refractivity (Wildman–Crippen MR) is 111 cm³/mol. The third-order valence-electron chi connectivity index (χ3n) is 4.57. The highest BCUT2D eigenvalue weighted by Crippen LogP contribution is 2.37. The minimum atomic E-state index is -0.127. The van der Waals surface area contributed by atoms with E-state index in [0.29, 0.717) is 24.4 Å². The summed E-state index contributed by atoms with van der Waals surface area (Å²) in [6.07, 6.45) is 6.13. The molecule has 6 heteroatoms. The molecule has 6 nitrogen and oxygen atoms in total. The van der Waals surface area contributed by atoms with Crippen LogP contribution in [0.25, 0.3) is 22.4 Å². The van der Waals surface area contributed by atoms with Gasteiger partial charge in [0.25, 0.3) is 0 Å². The fraction of sp³-hybridized carbons (Fsp3) is 0.130. The van der Waals surface area contributed by atoms with E-state index < -0.39 is 0 Å². The Morgan fingerprint density at radius 3 is 2.52 bits per heavy atom. The molecule has 29 heavy (non-hydrogen) atoms. The van der Waals surface area contributed by atoms with Gasteiger partial charge >= 0.3 is 0 Å². The highest BCUT2D eigenvalue weighted by molar-refractivity contribution is 5.97. The first-order valence-electron chi connectivity index (χ1n) is 9.37. The van der Waals surface area contributed by atoms with Gasteiger partial charge in [-0.2, -0.15) is 0 Å². The molecule has 144 valence electrons. The SMILES string of the molecule is Cc1cc(-c2noc(NC(=O)CCc3ccccc3)c2-c2ccncc2)ccn1. The van der Waals surface area contributed by atoms with Crippen LogP contribution >= 0.6 is 0 Å². The number of carbonyl (C=O) groups excluding carboxylic acids is 1. The summed E-state index contributed by atoms with van der Waals surface area (Å²) >= 11 is 0. The summed E-state index contributed by atoms with van der Waals surface area (Å²) in [4.78, 5) is 20.9. The fourth-order valence-corrected chi connectivity index (χ4v) is 3.14. The third kappa shape index (κ3) is 4.38. The summed E-state index contributed by atoms with van der Waals surface area (Å²) in [5.41, 5.74) is 5.11. The first-order valence-corrected chi connectivity index (χ1v) is 9.37. The van der Waals surface area contributed by atoms with Crippen LogP contribution in [0.1, 0.15) is 17.7 Å². The quantitative estimate of drug-likeness (QED) is 0.522. The van der Waals surface area contributed by atoms with E-state index in [9.17, 15) is 4.79 Å². The monoisotopic (exact) mass is 384 g/mol. The summed E-state index contributed by atoms with van der Waals surface area (Å²) in [7, 11) is 0. The molecular formula is C23H20N4O2. The Bertz CT molecular complexity index is 1110. The molecule has 4 rings (SSSR count). The van der Waals surface area contributed by atoms with E-state index in [4.69, 9.17) is 4.52 Å².